The van der Waals surface area contributed by atoms with Crippen molar-refractivity contribution >= 4 is 11.7 Å². The lowest BCUT2D eigenvalue weighted by Crippen LogP contribution is -2.49. The summed E-state index contributed by atoms with van der Waals surface area (Å²) < 4.78 is 0. The number of nitrogens with zero attached hydrogens (tertiary/aromatic N) is 2. The van der Waals surface area contributed by atoms with Crippen molar-refractivity contribution in [1.82, 2.24) is 4.90 Å². The Balaban J connectivity index is 2.88. The summed E-state index contributed by atoms with van der Waals surface area (Å²) in [7, 11) is 1.78. The third-order valence-electron chi connectivity index (χ3n) is 3.45. The van der Waals surface area contributed by atoms with E-state index in [9.17, 15) is 4.79 Å². The summed E-state index contributed by atoms with van der Waals surface area (Å²) in [6.07, 6.45) is 3.28. The van der Waals surface area contributed by atoms with Crippen LogP contribution in [0.2, 0.25) is 0 Å². The predicted octanol–water partition coefficient (Wildman–Crippen LogP) is 1.41. The third-order valence-corrected chi connectivity index (χ3v) is 3.45. The van der Waals surface area contributed by atoms with E-state index in [0.717, 1.165) is 12.8 Å². The minimum atomic E-state index is -0.765. The molecule has 0 aromatic heterocycles. The maximum absolute atomic E-state index is 12.5. The van der Waals surface area contributed by atoms with Crippen LogP contribution in [0.15, 0.2) is 5.16 Å². The Hall–Kier alpha value is -1.26. The lowest BCUT2D eigenvalue weighted by atomic mass is 9.83. The van der Waals surface area contributed by atoms with E-state index < -0.39 is 5.41 Å². The Kier molecular flexibility index (Phi) is 4.37. The second kappa shape index (κ2) is 5.38. The normalized spacial score (nSPS) is 19.6. The van der Waals surface area contributed by atoms with Gasteiger partial charge < -0.3 is 15.8 Å². The molecule has 1 saturated carbocycles. The lowest BCUT2D eigenvalue weighted by Gasteiger charge is -2.32. The van der Waals surface area contributed by atoms with E-state index in [-0.39, 0.29) is 11.7 Å². The summed E-state index contributed by atoms with van der Waals surface area (Å²) in [5.74, 6) is 0.462. The van der Waals surface area contributed by atoms with Crippen LogP contribution in [0.4, 0.5) is 0 Å². The van der Waals surface area contributed by atoms with Crippen molar-refractivity contribution in [3.05, 3.63) is 0 Å². The first kappa shape index (κ1) is 13.8. The zero-order valence-electron chi connectivity index (χ0n) is 10.9. The molecule has 1 aliphatic carbocycles. The maximum atomic E-state index is 12.5. The topological polar surface area (TPSA) is 78.9 Å². The molecule has 1 fully saturated rings. The Labute approximate surface area is 103 Å². The van der Waals surface area contributed by atoms with Crippen LogP contribution < -0.4 is 5.73 Å². The van der Waals surface area contributed by atoms with Crippen LogP contribution >= 0.6 is 0 Å². The number of nitrogens with two attached hydrogens (primary N) is 1. The van der Waals surface area contributed by atoms with E-state index in [0.29, 0.717) is 25.3 Å². The minimum absolute atomic E-state index is 0.0148. The molecule has 0 saturated heterocycles. The van der Waals surface area contributed by atoms with E-state index in [1.165, 1.54) is 0 Å². The van der Waals surface area contributed by atoms with Gasteiger partial charge in [0.25, 0.3) is 0 Å². The molecule has 3 N–H and O–H groups in total. The molecule has 0 unspecified atom stereocenters. The van der Waals surface area contributed by atoms with Crippen molar-refractivity contribution < 1.29 is 10.0 Å². The van der Waals surface area contributed by atoms with Gasteiger partial charge in [0.2, 0.25) is 5.91 Å². The molecule has 1 rings (SSSR count). The lowest BCUT2D eigenvalue weighted by molar-refractivity contribution is -0.137. The predicted molar refractivity (Wildman–Crippen MR) is 66.8 cm³/mol. The van der Waals surface area contributed by atoms with Crippen molar-refractivity contribution in [3.8, 4) is 0 Å². The van der Waals surface area contributed by atoms with Crippen LogP contribution in [0, 0.1) is 11.3 Å². The molecule has 0 spiro atoms. The molecular weight excluding hydrogens is 218 g/mol. The van der Waals surface area contributed by atoms with Crippen molar-refractivity contribution in [2.75, 3.05) is 13.6 Å². The molecule has 0 aliphatic heterocycles. The number of hydrogen-bond donors (Lipinski definition) is 2. The standard InChI is InChI=1S/C12H23N3O2/c1-9(2)8-15(3)11(16)12(10(13)14-17)6-4-5-7-12/h9,17H,4-8H2,1-3H3,(H2,13,14). The van der Waals surface area contributed by atoms with Gasteiger partial charge in [-0.3, -0.25) is 4.79 Å². The Morgan fingerprint density at radius 3 is 2.41 bits per heavy atom. The average molecular weight is 241 g/mol. The van der Waals surface area contributed by atoms with Gasteiger partial charge in [-0.1, -0.05) is 31.8 Å². The van der Waals surface area contributed by atoms with E-state index in [1.807, 2.05) is 0 Å². The quantitative estimate of drug-likeness (QED) is 0.338. The van der Waals surface area contributed by atoms with E-state index in [4.69, 9.17) is 10.9 Å². The van der Waals surface area contributed by atoms with Gasteiger partial charge in [0, 0.05) is 13.6 Å². The van der Waals surface area contributed by atoms with Crippen LogP contribution in [0.5, 0.6) is 0 Å². The summed E-state index contributed by atoms with van der Waals surface area (Å²) in [6.45, 7) is 4.82. The molecule has 0 atom stereocenters. The van der Waals surface area contributed by atoms with Gasteiger partial charge in [0.1, 0.15) is 5.41 Å². The fraction of sp³-hybridized carbons (Fsp3) is 0.833. The number of carbonyl (C=O) groups excluding carboxylic acids is 1. The number of amidine groups is 1. The highest BCUT2D eigenvalue weighted by Gasteiger charge is 2.46. The van der Waals surface area contributed by atoms with Gasteiger partial charge in [-0.25, -0.2) is 0 Å². The Morgan fingerprint density at radius 1 is 1.47 bits per heavy atom. The Bertz CT molecular complexity index is 307. The molecular formula is C12H23N3O2. The molecule has 0 radical (unpaired) electrons. The van der Waals surface area contributed by atoms with Gasteiger partial charge in [-0.15, -0.1) is 0 Å². The zero-order chi connectivity index (χ0) is 13.1. The fourth-order valence-electron chi connectivity index (χ4n) is 2.65. The van der Waals surface area contributed by atoms with Gasteiger partial charge in [-0.2, -0.15) is 0 Å². The second-order valence-electron chi connectivity index (χ2n) is 5.35. The molecule has 1 amide bonds. The average Bonchev–Trinajstić information content (AvgIpc) is 2.76. The monoisotopic (exact) mass is 241 g/mol. The first-order valence-electron chi connectivity index (χ1n) is 6.17. The van der Waals surface area contributed by atoms with Crippen molar-refractivity contribution in [3.63, 3.8) is 0 Å². The molecule has 0 aromatic rings. The molecule has 1 aliphatic rings. The SMILES string of the molecule is CC(C)CN(C)C(=O)C1(/C(N)=N/O)CCCC1. The smallest absolute Gasteiger partial charge is 0.236 e. The van der Waals surface area contributed by atoms with Crippen LogP contribution in [-0.2, 0) is 4.79 Å². The molecule has 0 heterocycles. The summed E-state index contributed by atoms with van der Waals surface area (Å²) in [6, 6.07) is 0. The third kappa shape index (κ3) is 2.70. The second-order valence-corrected chi connectivity index (χ2v) is 5.35. The Morgan fingerprint density at radius 2 is 2.00 bits per heavy atom. The van der Waals surface area contributed by atoms with Crippen LogP contribution in [0.1, 0.15) is 39.5 Å². The maximum Gasteiger partial charge on any atom is 0.236 e. The molecule has 17 heavy (non-hydrogen) atoms. The molecule has 0 aromatic carbocycles. The van der Waals surface area contributed by atoms with Crippen molar-refractivity contribution in [2.24, 2.45) is 22.2 Å². The molecule has 98 valence electrons. The molecule has 0 bridgehead atoms. The van der Waals surface area contributed by atoms with Gasteiger partial charge in [0.05, 0.1) is 0 Å². The van der Waals surface area contributed by atoms with E-state index in [2.05, 4.69) is 19.0 Å². The summed E-state index contributed by atoms with van der Waals surface area (Å²) in [4.78, 5) is 14.2. The largest absolute Gasteiger partial charge is 0.409 e. The van der Waals surface area contributed by atoms with E-state index in [1.54, 1.807) is 11.9 Å². The zero-order valence-corrected chi connectivity index (χ0v) is 10.9. The first-order valence-corrected chi connectivity index (χ1v) is 6.17. The number of amides is 1. The highest BCUT2D eigenvalue weighted by Crippen LogP contribution is 2.39. The highest BCUT2D eigenvalue weighted by molar-refractivity contribution is 6.06. The van der Waals surface area contributed by atoms with Gasteiger partial charge in [-0.05, 0) is 18.8 Å². The van der Waals surface area contributed by atoms with E-state index >= 15 is 0 Å². The fourth-order valence-corrected chi connectivity index (χ4v) is 2.65. The van der Waals surface area contributed by atoms with Crippen molar-refractivity contribution in [1.29, 1.82) is 0 Å². The summed E-state index contributed by atoms with van der Waals surface area (Å²) in [5, 5.41) is 11.9. The number of rotatable bonds is 4. The van der Waals surface area contributed by atoms with Crippen LogP contribution in [0.25, 0.3) is 0 Å². The van der Waals surface area contributed by atoms with Crippen molar-refractivity contribution in [2.45, 2.75) is 39.5 Å². The minimum Gasteiger partial charge on any atom is -0.409 e. The number of hydrogen-bond acceptors (Lipinski definition) is 3. The first-order chi connectivity index (χ1) is 7.94. The number of oxime groups is 1. The van der Waals surface area contributed by atoms with Gasteiger partial charge in [0.15, 0.2) is 5.84 Å². The highest BCUT2D eigenvalue weighted by atomic mass is 16.4. The van der Waals surface area contributed by atoms with Gasteiger partial charge >= 0.3 is 0 Å². The molecule has 5 nitrogen and oxygen atoms in total. The van der Waals surface area contributed by atoms with Crippen LogP contribution in [-0.4, -0.2) is 35.4 Å². The molecule has 5 heteroatoms. The number of carbonyl (C=O) groups is 1. The van der Waals surface area contributed by atoms with Crippen LogP contribution in [0.3, 0.4) is 0 Å². The summed E-state index contributed by atoms with van der Waals surface area (Å²) in [5.41, 5.74) is 4.97. The summed E-state index contributed by atoms with van der Waals surface area (Å²) >= 11 is 0.